The van der Waals surface area contributed by atoms with Crippen molar-refractivity contribution in [2.45, 2.75) is 6.10 Å². The summed E-state index contributed by atoms with van der Waals surface area (Å²) in [6, 6.07) is 5.21. The van der Waals surface area contributed by atoms with Crippen LogP contribution in [-0.4, -0.2) is 19.3 Å². The van der Waals surface area contributed by atoms with Gasteiger partial charge in [-0.25, -0.2) is 0 Å². The first-order valence-electron chi connectivity index (χ1n) is 5.29. The quantitative estimate of drug-likeness (QED) is 0.934. The third kappa shape index (κ3) is 2.46. The minimum Gasteiger partial charge on any atom is -0.493 e. The van der Waals surface area contributed by atoms with Gasteiger partial charge in [-0.1, -0.05) is 11.6 Å². The van der Waals surface area contributed by atoms with Crippen molar-refractivity contribution in [3.8, 4) is 11.5 Å². The molecule has 1 atom stereocenters. The molecule has 2 rings (SSSR count). The Morgan fingerprint density at radius 3 is 2.44 bits per heavy atom. The summed E-state index contributed by atoms with van der Waals surface area (Å²) in [5.41, 5.74) is 1.42. The van der Waals surface area contributed by atoms with E-state index >= 15 is 0 Å². The molecule has 0 fully saturated rings. The number of ether oxygens (including phenoxy) is 2. The van der Waals surface area contributed by atoms with E-state index in [1.165, 1.54) is 11.3 Å². The van der Waals surface area contributed by atoms with Crippen molar-refractivity contribution in [2.75, 3.05) is 14.2 Å². The molecule has 1 N–H and O–H groups in total. The van der Waals surface area contributed by atoms with Gasteiger partial charge in [-0.05, 0) is 28.5 Å². The Kier molecular flexibility index (Phi) is 4.11. The average Bonchev–Trinajstić information content (AvgIpc) is 2.91. The summed E-state index contributed by atoms with van der Waals surface area (Å²) in [5, 5.41) is 14.5. The number of benzene rings is 1. The van der Waals surface area contributed by atoms with Crippen LogP contribution in [0, 0.1) is 0 Å². The minimum atomic E-state index is -0.761. The molecule has 0 saturated heterocycles. The van der Waals surface area contributed by atoms with Crippen molar-refractivity contribution in [3.05, 3.63) is 45.1 Å². The zero-order valence-corrected chi connectivity index (χ0v) is 11.6. The molecule has 5 heteroatoms. The zero-order valence-electron chi connectivity index (χ0n) is 10.0. The van der Waals surface area contributed by atoms with E-state index in [0.717, 1.165) is 5.56 Å². The van der Waals surface area contributed by atoms with E-state index in [1.807, 2.05) is 16.8 Å². The fraction of sp³-hybridized carbons (Fsp3) is 0.231. The lowest BCUT2D eigenvalue weighted by Crippen LogP contribution is -2.01. The lowest BCUT2D eigenvalue weighted by molar-refractivity contribution is 0.220. The fourth-order valence-electron chi connectivity index (χ4n) is 1.69. The topological polar surface area (TPSA) is 38.7 Å². The van der Waals surface area contributed by atoms with Crippen molar-refractivity contribution < 1.29 is 14.6 Å². The third-order valence-corrected chi connectivity index (χ3v) is 3.69. The Balaban J connectivity index is 2.45. The van der Waals surface area contributed by atoms with Gasteiger partial charge in [0.05, 0.1) is 19.2 Å². The first-order valence-corrected chi connectivity index (χ1v) is 6.61. The molecular formula is C13H13ClO3S. The molecule has 1 heterocycles. The summed E-state index contributed by atoms with van der Waals surface area (Å²) >= 11 is 7.68. The lowest BCUT2D eigenvalue weighted by atomic mass is 10.0. The van der Waals surface area contributed by atoms with Gasteiger partial charge in [0.2, 0.25) is 0 Å². The first-order chi connectivity index (χ1) is 8.67. The van der Waals surface area contributed by atoms with E-state index in [-0.39, 0.29) is 0 Å². The van der Waals surface area contributed by atoms with Crippen LogP contribution >= 0.6 is 22.9 Å². The van der Waals surface area contributed by atoms with Gasteiger partial charge in [0, 0.05) is 11.6 Å². The van der Waals surface area contributed by atoms with Crippen molar-refractivity contribution in [1.82, 2.24) is 0 Å². The van der Waals surface area contributed by atoms with Crippen LogP contribution in [0.3, 0.4) is 0 Å². The second-order valence-electron chi connectivity index (χ2n) is 3.69. The number of rotatable bonds is 4. The van der Waals surface area contributed by atoms with Gasteiger partial charge < -0.3 is 14.6 Å². The van der Waals surface area contributed by atoms with E-state index in [2.05, 4.69) is 0 Å². The lowest BCUT2D eigenvalue weighted by Gasteiger charge is -2.15. The van der Waals surface area contributed by atoms with Gasteiger partial charge in [-0.3, -0.25) is 0 Å². The maximum Gasteiger partial charge on any atom is 0.162 e. The molecule has 0 amide bonds. The van der Waals surface area contributed by atoms with E-state index in [0.29, 0.717) is 22.1 Å². The molecule has 3 nitrogen and oxygen atoms in total. The highest BCUT2D eigenvalue weighted by Gasteiger charge is 2.18. The number of halogens is 1. The molecule has 0 aliphatic heterocycles. The zero-order chi connectivity index (χ0) is 13.1. The number of aliphatic hydroxyl groups excluding tert-OH is 1. The summed E-state index contributed by atoms with van der Waals surface area (Å²) in [6.07, 6.45) is -0.761. The van der Waals surface area contributed by atoms with Gasteiger partial charge in [0.15, 0.2) is 11.5 Å². The van der Waals surface area contributed by atoms with E-state index in [4.69, 9.17) is 21.1 Å². The van der Waals surface area contributed by atoms with Crippen molar-refractivity contribution in [1.29, 1.82) is 0 Å². The molecule has 1 unspecified atom stereocenters. The number of thiophene rings is 1. The molecule has 1 aromatic heterocycles. The predicted molar refractivity (Wildman–Crippen MR) is 72.9 cm³/mol. The summed E-state index contributed by atoms with van der Waals surface area (Å²) < 4.78 is 10.4. The van der Waals surface area contributed by atoms with Crippen molar-refractivity contribution >= 4 is 22.9 Å². The summed E-state index contributed by atoms with van der Waals surface area (Å²) in [5.74, 6) is 1.09. The number of hydrogen-bond donors (Lipinski definition) is 1. The molecule has 0 bridgehead atoms. The SMILES string of the molecule is COc1cc(Cl)c(C(O)c2ccsc2)cc1OC. The average molecular weight is 285 g/mol. The van der Waals surface area contributed by atoms with Crippen molar-refractivity contribution in [3.63, 3.8) is 0 Å². The van der Waals surface area contributed by atoms with Crippen LogP contribution < -0.4 is 9.47 Å². The third-order valence-electron chi connectivity index (χ3n) is 2.66. The number of aliphatic hydroxyl groups is 1. The smallest absolute Gasteiger partial charge is 0.162 e. The van der Waals surface area contributed by atoms with Crippen LogP contribution in [0.4, 0.5) is 0 Å². The molecule has 18 heavy (non-hydrogen) atoms. The van der Waals surface area contributed by atoms with Gasteiger partial charge in [-0.2, -0.15) is 11.3 Å². The summed E-state index contributed by atoms with van der Waals surface area (Å²) in [4.78, 5) is 0. The summed E-state index contributed by atoms with van der Waals surface area (Å²) in [7, 11) is 3.09. The van der Waals surface area contributed by atoms with Gasteiger partial charge in [0.25, 0.3) is 0 Å². The summed E-state index contributed by atoms with van der Waals surface area (Å²) in [6.45, 7) is 0. The highest BCUT2D eigenvalue weighted by molar-refractivity contribution is 7.08. The highest BCUT2D eigenvalue weighted by Crippen LogP contribution is 2.37. The second kappa shape index (κ2) is 5.61. The van der Waals surface area contributed by atoms with Crippen LogP contribution in [0.2, 0.25) is 5.02 Å². The predicted octanol–water partition coefficient (Wildman–Crippen LogP) is 3.50. The monoisotopic (exact) mass is 284 g/mol. The Bertz CT molecular complexity index is 525. The van der Waals surface area contributed by atoms with Crippen LogP contribution in [0.5, 0.6) is 11.5 Å². The maximum atomic E-state index is 10.3. The second-order valence-corrected chi connectivity index (χ2v) is 4.88. The molecule has 1 aromatic carbocycles. The van der Waals surface area contributed by atoms with Crippen LogP contribution in [-0.2, 0) is 0 Å². The maximum absolute atomic E-state index is 10.3. The molecule has 0 radical (unpaired) electrons. The fourth-order valence-corrected chi connectivity index (χ4v) is 2.63. The normalized spacial score (nSPS) is 12.2. The first kappa shape index (κ1) is 13.2. The molecule has 96 valence electrons. The van der Waals surface area contributed by atoms with Crippen LogP contribution in [0.1, 0.15) is 17.2 Å². The highest BCUT2D eigenvalue weighted by atomic mass is 35.5. The van der Waals surface area contributed by atoms with Crippen molar-refractivity contribution in [2.24, 2.45) is 0 Å². The standard InChI is InChI=1S/C13H13ClO3S/c1-16-11-5-9(10(14)6-12(11)17-2)13(15)8-3-4-18-7-8/h3-7,13,15H,1-2H3. The Hall–Kier alpha value is -1.23. The van der Waals surface area contributed by atoms with E-state index in [9.17, 15) is 5.11 Å². The Morgan fingerprint density at radius 1 is 1.22 bits per heavy atom. The molecular weight excluding hydrogens is 272 g/mol. The van der Waals surface area contributed by atoms with E-state index < -0.39 is 6.10 Å². The molecule has 0 saturated carbocycles. The van der Waals surface area contributed by atoms with E-state index in [1.54, 1.807) is 26.4 Å². The van der Waals surface area contributed by atoms with Gasteiger partial charge in [-0.15, -0.1) is 0 Å². The van der Waals surface area contributed by atoms with Gasteiger partial charge >= 0.3 is 0 Å². The van der Waals surface area contributed by atoms with Crippen LogP contribution in [0.25, 0.3) is 0 Å². The Morgan fingerprint density at radius 2 is 1.89 bits per heavy atom. The number of methoxy groups -OCH3 is 2. The number of hydrogen-bond acceptors (Lipinski definition) is 4. The molecule has 0 aliphatic carbocycles. The largest absolute Gasteiger partial charge is 0.493 e. The van der Waals surface area contributed by atoms with Crippen LogP contribution in [0.15, 0.2) is 29.0 Å². The Labute approximate surface area is 115 Å². The van der Waals surface area contributed by atoms with Gasteiger partial charge in [0.1, 0.15) is 6.10 Å². The minimum absolute atomic E-state index is 0.450. The molecule has 2 aromatic rings. The molecule has 0 aliphatic rings. The molecule has 0 spiro atoms.